The van der Waals surface area contributed by atoms with Gasteiger partial charge < -0.3 is 4.57 Å². The van der Waals surface area contributed by atoms with Crippen LogP contribution in [0.4, 0.5) is 0 Å². The van der Waals surface area contributed by atoms with Crippen LogP contribution in [0.15, 0.2) is 77.7 Å². The Kier molecular flexibility index (Phi) is 2.89. The number of aromatic nitrogens is 3. The number of hydrogen-bond donors (Lipinski definition) is 0. The molecular formula is C17H12BrN3. The molecule has 21 heavy (non-hydrogen) atoms. The molecule has 2 aromatic heterocycles. The summed E-state index contributed by atoms with van der Waals surface area (Å²) >= 11 is 3.55. The Morgan fingerprint density at radius 1 is 0.810 bits per heavy atom. The predicted octanol–water partition coefficient (Wildman–Crippen LogP) is 4.58. The Morgan fingerprint density at radius 3 is 2.52 bits per heavy atom. The van der Waals surface area contributed by atoms with E-state index >= 15 is 0 Å². The van der Waals surface area contributed by atoms with Gasteiger partial charge in [0.2, 0.25) is 0 Å². The highest BCUT2D eigenvalue weighted by Crippen LogP contribution is 2.26. The highest BCUT2D eigenvalue weighted by atomic mass is 79.9. The number of hydrogen-bond acceptors (Lipinski definition) is 1. The van der Waals surface area contributed by atoms with E-state index in [1.165, 1.54) is 0 Å². The molecule has 102 valence electrons. The summed E-state index contributed by atoms with van der Waals surface area (Å²) < 4.78 is 5.27. The minimum atomic E-state index is 0.971. The van der Waals surface area contributed by atoms with E-state index in [1.807, 2.05) is 42.7 Å². The first-order chi connectivity index (χ1) is 10.3. The quantitative estimate of drug-likeness (QED) is 0.525. The smallest absolute Gasteiger partial charge is 0.123 e. The molecule has 4 aromatic rings. The zero-order valence-electron chi connectivity index (χ0n) is 11.1. The van der Waals surface area contributed by atoms with Gasteiger partial charge in [0.1, 0.15) is 17.7 Å². The maximum absolute atomic E-state index is 4.51. The zero-order chi connectivity index (χ0) is 14.2. The first-order valence-corrected chi connectivity index (χ1v) is 7.48. The van der Waals surface area contributed by atoms with E-state index < -0.39 is 0 Å². The molecule has 0 N–H and O–H groups in total. The van der Waals surface area contributed by atoms with Crippen molar-refractivity contribution in [3.05, 3.63) is 77.7 Å². The van der Waals surface area contributed by atoms with Crippen molar-refractivity contribution in [2.75, 3.05) is 0 Å². The minimum Gasteiger partial charge on any atom is -0.303 e. The molecule has 0 aliphatic heterocycles. The molecule has 0 atom stereocenters. The summed E-state index contributed by atoms with van der Waals surface area (Å²) in [6.45, 7) is 0. The summed E-state index contributed by atoms with van der Waals surface area (Å²) in [5.74, 6) is 1.07. The van der Waals surface area contributed by atoms with Crippen molar-refractivity contribution in [3.8, 4) is 11.5 Å². The van der Waals surface area contributed by atoms with Gasteiger partial charge in [-0.15, -0.1) is 0 Å². The number of para-hydroxylation sites is 2. The van der Waals surface area contributed by atoms with E-state index in [4.69, 9.17) is 0 Å². The van der Waals surface area contributed by atoms with E-state index in [9.17, 15) is 0 Å². The van der Waals surface area contributed by atoms with Gasteiger partial charge in [0.25, 0.3) is 0 Å². The van der Waals surface area contributed by atoms with Gasteiger partial charge in [-0.1, -0.05) is 24.3 Å². The molecule has 2 aromatic carbocycles. The number of fused-ring (bicyclic) bond motifs is 1. The summed E-state index contributed by atoms with van der Waals surface area (Å²) in [5.41, 5.74) is 3.19. The van der Waals surface area contributed by atoms with E-state index in [1.54, 1.807) is 0 Å². The van der Waals surface area contributed by atoms with E-state index in [2.05, 4.69) is 60.5 Å². The van der Waals surface area contributed by atoms with Gasteiger partial charge in [0.05, 0.1) is 5.52 Å². The van der Waals surface area contributed by atoms with Gasteiger partial charge in [-0.25, -0.2) is 4.98 Å². The average Bonchev–Trinajstić information content (AvgIpc) is 3.15. The number of imidazole rings is 1. The van der Waals surface area contributed by atoms with Crippen LogP contribution in [0.25, 0.3) is 22.5 Å². The molecule has 0 saturated heterocycles. The largest absolute Gasteiger partial charge is 0.303 e. The Bertz CT molecular complexity index is 906. The molecular weight excluding hydrogens is 326 g/mol. The molecule has 0 saturated carbocycles. The Hall–Kier alpha value is -2.33. The van der Waals surface area contributed by atoms with Gasteiger partial charge >= 0.3 is 0 Å². The topological polar surface area (TPSA) is 22.8 Å². The third-order valence-corrected chi connectivity index (χ3v) is 4.18. The second-order valence-corrected chi connectivity index (χ2v) is 5.65. The van der Waals surface area contributed by atoms with Crippen LogP contribution in [0.1, 0.15) is 0 Å². The third kappa shape index (κ3) is 1.99. The van der Waals surface area contributed by atoms with Gasteiger partial charge in [-0.3, -0.25) is 4.57 Å². The van der Waals surface area contributed by atoms with Gasteiger partial charge in [0, 0.05) is 16.4 Å². The molecule has 0 spiro atoms. The second-order valence-electron chi connectivity index (χ2n) is 4.79. The normalized spacial score (nSPS) is 11.1. The van der Waals surface area contributed by atoms with Crippen molar-refractivity contribution < 1.29 is 0 Å². The van der Waals surface area contributed by atoms with Crippen molar-refractivity contribution in [3.63, 3.8) is 0 Å². The van der Waals surface area contributed by atoms with Gasteiger partial charge in [-0.05, 0) is 52.3 Å². The lowest BCUT2D eigenvalue weighted by molar-refractivity contribution is 0.945. The highest BCUT2D eigenvalue weighted by Gasteiger charge is 2.10. The van der Waals surface area contributed by atoms with Gasteiger partial charge in [0.15, 0.2) is 0 Å². The fourth-order valence-electron chi connectivity index (χ4n) is 2.56. The molecule has 0 radical (unpaired) electrons. The van der Waals surface area contributed by atoms with Crippen LogP contribution >= 0.6 is 15.9 Å². The zero-order valence-corrected chi connectivity index (χ0v) is 12.7. The van der Waals surface area contributed by atoms with Crippen LogP contribution in [-0.4, -0.2) is 14.1 Å². The molecule has 0 fully saturated rings. The highest BCUT2D eigenvalue weighted by molar-refractivity contribution is 9.10. The van der Waals surface area contributed by atoms with Crippen molar-refractivity contribution in [2.24, 2.45) is 0 Å². The Morgan fingerprint density at radius 2 is 1.67 bits per heavy atom. The molecule has 3 nitrogen and oxygen atoms in total. The fourth-order valence-corrected chi connectivity index (χ4v) is 3.02. The Labute approximate surface area is 130 Å². The van der Waals surface area contributed by atoms with Crippen LogP contribution in [0.2, 0.25) is 0 Å². The van der Waals surface area contributed by atoms with Crippen molar-refractivity contribution in [2.45, 2.75) is 0 Å². The standard InChI is InChI=1S/C17H12BrN3/c18-14-8-4-9-15-17(14)19-12-21(15)16-10-5-11-20(16)13-6-2-1-3-7-13/h1-12H. The van der Waals surface area contributed by atoms with Crippen LogP contribution < -0.4 is 0 Å². The molecule has 0 aliphatic carbocycles. The fraction of sp³-hybridized carbons (Fsp3) is 0. The van der Waals surface area contributed by atoms with E-state index in [0.717, 1.165) is 27.0 Å². The van der Waals surface area contributed by atoms with Crippen molar-refractivity contribution in [1.82, 2.24) is 14.1 Å². The molecule has 4 heteroatoms. The monoisotopic (exact) mass is 337 g/mol. The third-order valence-electron chi connectivity index (χ3n) is 3.54. The number of benzene rings is 2. The SMILES string of the molecule is Brc1cccc2c1ncn2-c1cccn1-c1ccccc1. The average molecular weight is 338 g/mol. The maximum atomic E-state index is 4.51. The predicted molar refractivity (Wildman–Crippen MR) is 88.1 cm³/mol. The van der Waals surface area contributed by atoms with Crippen LogP contribution in [0.3, 0.4) is 0 Å². The lowest BCUT2D eigenvalue weighted by Crippen LogP contribution is -2.01. The second kappa shape index (κ2) is 4.90. The van der Waals surface area contributed by atoms with Crippen LogP contribution in [-0.2, 0) is 0 Å². The first-order valence-electron chi connectivity index (χ1n) is 6.69. The lowest BCUT2D eigenvalue weighted by atomic mass is 10.3. The van der Waals surface area contributed by atoms with Gasteiger partial charge in [-0.2, -0.15) is 0 Å². The molecule has 0 bridgehead atoms. The number of rotatable bonds is 2. The molecule has 4 rings (SSSR count). The summed E-state index contributed by atoms with van der Waals surface area (Å²) in [6, 6.07) is 20.6. The summed E-state index contributed by atoms with van der Waals surface area (Å²) in [5, 5.41) is 0. The van der Waals surface area contributed by atoms with Crippen molar-refractivity contribution >= 4 is 27.0 Å². The van der Waals surface area contributed by atoms with E-state index in [0.29, 0.717) is 0 Å². The minimum absolute atomic E-state index is 0.971. The number of nitrogens with zero attached hydrogens (tertiary/aromatic N) is 3. The summed E-state index contributed by atoms with van der Waals surface area (Å²) in [6.07, 6.45) is 3.93. The Balaban J connectivity index is 1.95. The van der Waals surface area contributed by atoms with Crippen molar-refractivity contribution in [1.29, 1.82) is 0 Å². The molecule has 2 heterocycles. The molecule has 0 unspecified atom stereocenters. The lowest BCUT2D eigenvalue weighted by Gasteiger charge is -2.10. The first kappa shape index (κ1) is 12.4. The van der Waals surface area contributed by atoms with E-state index in [-0.39, 0.29) is 0 Å². The summed E-state index contributed by atoms with van der Waals surface area (Å²) in [7, 11) is 0. The maximum Gasteiger partial charge on any atom is 0.123 e. The molecule has 0 amide bonds. The van der Waals surface area contributed by atoms with Crippen LogP contribution in [0.5, 0.6) is 0 Å². The summed E-state index contributed by atoms with van der Waals surface area (Å²) in [4.78, 5) is 4.51. The number of halogens is 1. The molecule has 0 aliphatic rings. The van der Waals surface area contributed by atoms with Crippen LogP contribution in [0, 0.1) is 0 Å².